The Bertz CT molecular complexity index is 413. The Morgan fingerprint density at radius 2 is 1.78 bits per heavy atom. The maximum Gasteiger partial charge on any atom is 0.334 e. The van der Waals surface area contributed by atoms with Crippen LogP contribution >= 0.6 is 0 Å². The SMILES string of the molecule is [C]=C(C)C(=O)OC1CC2CC1C1C3CCC(C3)C21. The summed E-state index contributed by atoms with van der Waals surface area (Å²) in [6, 6.07) is 0. The smallest absolute Gasteiger partial charge is 0.334 e. The molecule has 4 bridgehead atoms. The molecule has 2 nitrogen and oxygen atoms in total. The van der Waals surface area contributed by atoms with Gasteiger partial charge in [-0.15, -0.1) is 0 Å². The number of rotatable bonds is 2. The molecule has 0 aromatic heterocycles. The molecular formula is C16H20O2. The third-order valence-electron chi connectivity index (χ3n) is 6.24. The highest BCUT2D eigenvalue weighted by Crippen LogP contribution is 2.67. The minimum Gasteiger partial charge on any atom is -0.459 e. The van der Waals surface area contributed by atoms with Gasteiger partial charge in [-0.2, -0.15) is 0 Å². The molecule has 0 aromatic rings. The van der Waals surface area contributed by atoms with Gasteiger partial charge in [-0.25, -0.2) is 4.79 Å². The van der Waals surface area contributed by atoms with Gasteiger partial charge in [0.25, 0.3) is 0 Å². The van der Waals surface area contributed by atoms with Crippen molar-refractivity contribution in [3.8, 4) is 0 Å². The number of fused-ring (bicyclic) bond motifs is 9. The van der Waals surface area contributed by atoms with Crippen molar-refractivity contribution in [1.82, 2.24) is 0 Å². The Hall–Kier alpha value is -0.790. The van der Waals surface area contributed by atoms with Gasteiger partial charge in [0.2, 0.25) is 0 Å². The number of esters is 1. The molecule has 7 unspecified atom stereocenters. The molecule has 0 saturated heterocycles. The first kappa shape index (κ1) is 11.1. The molecule has 4 rings (SSSR count). The van der Waals surface area contributed by atoms with Crippen molar-refractivity contribution in [3.63, 3.8) is 0 Å². The maximum absolute atomic E-state index is 11.6. The number of carbonyl (C=O) groups is 1. The lowest BCUT2D eigenvalue weighted by Crippen LogP contribution is -2.37. The van der Waals surface area contributed by atoms with Crippen LogP contribution in [-0.4, -0.2) is 12.1 Å². The van der Waals surface area contributed by atoms with E-state index in [0.29, 0.717) is 5.92 Å². The standard InChI is InChI=1S/C16H20O2/c1-8(2)16(17)18-13-7-11-6-12(13)15-10-4-3-9(5-10)14(11)15/h9-15H,3-7H2,1H3. The highest BCUT2D eigenvalue weighted by atomic mass is 16.5. The molecule has 0 spiro atoms. The lowest BCUT2D eigenvalue weighted by molar-refractivity contribution is -0.149. The molecule has 2 radical (unpaired) electrons. The number of ether oxygens (including phenoxy) is 1. The van der Waals surface area contributed by atoms with Crippen molar-refractivity contribution in [2.75, 3.05) is 0 Å². The highest BCUT2D eigenvalue weighted by molar-refractivity contribution is 5.86. The van der Waals surface area contributed by atoms with Gasteiger partial charge in [0.1, 0.15) is 6.10 Å². The highest BCUT2D eigenvalue weighted by Gasteiger charge is 2.63. The van der Waals surface area contributed by atoms with Gasteiger partial charge >= 0.3 is 5.97 Å². The lowest BCUT2D eigenvalue weighted by atomic mass is 9.70. The quantitative estimate of drug-likeness (QED) is 0.424. The zero-order chi connectivity index (χ0) is 12.4. The van der Waals surface area contributed by atoms with E-state index >= 15 is 0 Å². The predicted octanol–water partition coefficient (Wildman–Crippen LogP) is 2.86. The third kappa shape index (κ3) is 1.32. The Morgan fingerprint density at radius 1 is 1.06 bits per heavy atom. The summed E-state index contributed by atoms with van der Waals surface area (Å²) in [5.41, 5.74) is 0.0438. The first-order chi connectivity index (χ1) is 8.65. The van der Waals surface area contributed by atoms with Crippen molar-refractivity contribution in [2.24, 2.45) is 35.5 Å². The number of hydrogen-bond acceptors (Lipinski definition) is 2. The first-order valence-corrected chi connectivity index (χ1v) is 7.41. The number of carbonyl (C=O) groups excluding carboxylic acids is 1. The summed E-state index contributed by atoms with van der Waals surface area (Å²) in [6.45, 7) is 8.88. The summed E-state index contributed by atoms with van der Waals surface area (Å²) in [6.07, 6.45) is 6.82. The Kier molecular flexibility index (Phi) is 2.22. The molecule has 2 heteroatoms. The van der Waals surface area contributed by atoms with E-state index in [9.17, 15) is 4.79 Å². The molecule has 4 aliphatic carbocycles. The van der Waals surface area contributed by atoms with Crippen molar-refractivity contribution in [3.05, 3.63) is 12.2 Å². The van der Waals surface area contributed by atoms with E-state index in [1.807, 2.05) is 0 Å². The van der Waals surface area contributed by atoms with E-state index in [0.717, 1.165) is 36.0 Å². The minimum absolute atomic E-state index is 0.0438. The van der Waals surface area contributed by atoms with Crippen molar-refractivity contribution in [1.29, 1.82) is 0 Å². The maximum atomic E-state index is 11.6. The van der Waals surface area contributed by atoms with Crippen LogP contribution in [0.1, 0.15) is 39.0 Å². The molecule has 0 aliphatic heterocycles. The van der Waals surface area contributed by atoms with Crippen LogP contribution in [0.25, 0.3) is 0 Å². The van der Waals surface area contributed by atoms with Crippen LogP contribution in [0.3, 0.4) is 0 Å². The van der Waals surface area contributed by atoms with Gasteiger partial charge in [-0.3, -0.25) is 0 Å². The van der Waals surface area contributed by atoms with Crippen LogP contribution in [0.2, 0.25) is 0 Å². The fourth-order valence-corrected chi connectivity index (χ4v) is 5.87. The fraction of sp³-hybridized carbons (Fsp3) is 0.812. The van der Waals surface area contributed by atoms with Gasteiger partial charge in [0.05, 0.1) is 0 Å². The second kappa shape index (κ2) is 3.61. The summed E-state index contributed by atoms with van der Waals surface area (Å²) in [5.74, 6) is 4.79. The van der Waals surface area contributed by atoms with Gasteiger partial charge < -0.3 is 4.74 Å². The molecule has 96 valence electrons. The van der Waals surface area contributed by atoms with Gasteiger partial charge in [-0.1, -0.05) is 0 Å². The zero-order valence-electron chi connectivity index (χ0n) is 10.9. The largest absolute Gasteiger partial charge is 0.459 e. The van der Waals surface area contributed by atoms with Crippen LogP contribution in [0.5, 0.6) is 0 Å². The Morgan fingerprint density at radius 3 is 2.50 bits per heavy atom. The van der Waals surface area contributed by atoms with Gasteiger partial charge in [0.15, 0.2) is 0 Å². The van der Waals surface area contributed by atoms with Crippen molar-refractivity contribution in [2.45, 2.75) is 45.1 Å². The molecule has 7 atom stereocenters. The molecule has 4 fully saturated rings. The molecule has 0 amide bonds. The zero-order valence-corrected chi connectivity index (χ0v) is 10.9. The molecule has 4 aliphatic rings. The van der Waals surface area contributed by atoms with Crippen LogP contribution < -0.4 is 0 Å². The average molecular weight is 244 g/mol. The van der Waals surface area contributed by atoms with E-state index in [-0.39, 0.29) is 11.7 Å². The predicted molar refractivity (Wildman–Crippen MR) is 66.3 cm³/mol. The minimum atomic E-state index is -0.396. The van der Waals surface area contributed by atoms with E-state index in [1.165, 1.54) is 32.6 Å². The molecular weight excluding hydrogens is 224 g/mol. The van der Waals surface area contributed by atoms with Crippen LogP contribution in [0.15, 0.2) is 5.57 Å². The molecule has 0 N–H and O–H groups in total. The average Bonchev–Trinajstić information content (AvgIpc) is 3.06. The molecule has 0 heterocycles. The van der Waals surface area contributed by atoms with Crippen molar-refractivity contribution < 1.29 is 9.53 Å². The lowest BCUT2D eigenvalue weighted by Gasteiger charge is -2.38. The normalized spacial score (nSPS) is 51.5. The fourth-order valence-electron chi connectivity index (χ4n) is 5.87. The molecule has 18 heavy (non-hydrogen) atoms. The summed E-state index contributed by atoms with van der Waals surface area (Å²) < 4.78 is 5.56. The van der Waals surface area contributed by atoms with E-state index in [4.69, 9.17) is 11.3 Å². The van der Waals surface area contributed by atoms with Crippen LogP contribution in [-0.2, 0) is 9.53 Å². The van der Waals surface area contributed by atoms with E-state index in [1.54, 1.807) is 0 Å². The van der Waals surface area contributed by atoms with E-state index in [2.05, 4.69) is 0 Å². The molecule has 4 saturated carbocycles. The van der Waals surface area contributed by atoms with Gasteiger partial charge in [0, 0.05) is 12.2 Å². The van der Waals surface area contributed by atoms with Crippen LogP contribution in [0.4, 0.5) is 0 Å². The first-order valence-electron chi connectivity index (χ1n) is 7.41. The monoisotopic (exact) mass is 244 g/mol. The van der Waals surface area contributed by atoms with Gasteiger partial charge in [-0.05, 0) is 74.5 Å². The summed E-state index contributed by atoms with van der Waals surface area (Å²) in [4.78, 5) is 11.6. The van der Waals surface area contributed by atoms with Crippen molar-refractivity contribution >= 4 is 5.97 Å². The third-order valence-corrected chi connectivity index (χ3v) is 6.24. The van der Waals surface area contributed by atoms with Crippen LogP contribution in [0, 0.1) is 42.1 Å². The Balaban J connectivity index is 1.52. The summed E-state index contributed by atoms with van der Waals surface area (Å²) in [5, 5.41) is 0. The van der Waals surface area contributed by atoms with E-state index < -0.39 is 5.97 Å². The molecule has 0 aromatic carbocycles. The number of hydrogen-bond donors (Lipinski definition) is 0. The summed E-state index contributed by atoms with van der Waals surface area (Å²) >= 11 is 0. The summed E-state index contributed by atoms with van der Waals surface area (Å²) in [7, 11) is 0. The Labute approximate surface area is 109 Å². The second-order valence-electron chi connectivity index (χ2n) is 6.95. The topological polar surface area (TPSA) is 26.3 Å². The second-order valence-corrected chi connectivity index (χ2v) is 6.95.